The second kappa shape index (κ2) is 18.1. The van der Waals surface area contributed by atoms with Gasteiger partial charge in [-0.05, 0) is 37.7 Å². The molecule has 238 valence electrons. The molecule has 0 saturated heterocycles. The Morgan fingerprint density at radius 1 is 0.721 bits per heavy atom. The number of primary amides is 1. The van der Waals surface area contributed by atoms with Crippen LogP contribution in [0.1, 0.15) is 58.4 Å². The first-order chi connectivity index (χ1) is 20.1. The van der Waals surface area contributed by atoms with Gasteiger partial charge in [-0.15, -0.1) is 0 Å². The van der Waals surface area contributed by atoms with Gasteiger partial charge >= 0.3 is 11.9 Å². The third-order valence-electron chi connectivity index (χ3n) is 6.31. The van der Waals surface area contributed by atoms with Crippen molar-refractivity contribution in [3.8, 4) is 0 Å². The maximum Gasteiger partial charge on any atom is 0.326 e. The van der Waals surface area contributed by atoms with E-state index in [1.54, 1.807) is 30.3 Å². The summed E-state index contributed by atoms with van der Waals surface area (Å²) in [5.74, 6) is -6.34. The number of rotatable bonds is 19. The molecular formula is C28H42N6O9. The van der Waals surface area contributed by atoms with E-state index in [9.17, 15) is 38.7 Å². The molecule has 10 N–H and O–H groups in total. The van der Waals surface area contributed by atoms with Crippen molar-refractivity contribution in [1.82, 2.24) is 21.3 Å². The minimum Gasteiger partial charge on any atom is -0.481 e. The molecule has 1 aromatic carbocycles. The highest BCUT2D eigenvalue weighted by atomic mass is 16.4. The summed E-state index contributed by atoms with van der Waals surface area (Å²) in [6.45, 7) is 4.98. The summed E-state index contributed by atoms with van der Waals surface area (Å²) >= 11 is 0. The molecule has 1 rings (SSSR count). The molecule has 43 heavy (non-hydrogen) atoms. The monoisotopic (exact) mass is 606 g/mol. The molecule has 0 unspecified atom stereocenters. The number of carbonyl (C=O) groups is 7. The summed E-state index contributed by atoms with van der Waals surface area (Å²) < 4.78 is 0. The molecule has 15 nitrogen and oxygen atoms in total. The number of amides is 5. The highest BCUT2D eigenvalue weighted by molar-refractivity contribution is 5.95. The van der Waals surface area contributed by atoms with Crippen molar-refractivity contribution in [1.29, 1.82) is 0 Å². The van der Waals surface area contributed by atoms with Gasteiger partial charge < -0.3 is 42.9 Å². The van der Waals surface area contributed by atoms with Crippen LogP contribution in [0.3, 0.4) is 0 Å². The molecule has 0 fully saturated rings. The predicted molar refractivity (Wildman–Crippen MR) is 154 cm³/mol. The van der Waals surface area contributed by atoms with Crippen LogP contribution >= 0.6 is 0 Å². The largest absolute Gasteiger partial charge is 0.481 e. The SMILES string of the molecule is CC(C)C[C@H](NC(=O)[C@H](C)NC(=O)[C@@H](N)CCC(=O)O)C(=O)N[C@@H](Cc1ccccc1)C(=O)N[C@@H](CCC(N)=O)C(=O)O. The second-order valence-electron chi connectivity index (χ2n) is 10.6. The third kappa shape index (κ3) is 14.3. The first-order valence-electron chi connectivity index (χ1n) is 13.8. The fraction of sp³-hybridized carbons (Fsp3) is 0.536. The molecule has 0 saturated carbocycles. The van der Waals surface area contributed by atoms with Crippen LogP contribution in [-0.4, -0.2) is 81.9 Å². The molecule has 5 amide bonds. The van der Waals surface area contributed by atoms with Gasteiger partial charge in [0.15, 0.2) is 0 Å². The van der Waals surface area contributed by atoms with E-state index in [-0.39, 0.29) is 44.4 Å². The zero-order valence-corrected chi connectivity index (χ0v) is 24.5. The van der Waals surface area contributed by atoms with E-state index in [0.29, 0.717) is 5.56 Å². The molecule has 0 aliphatic heterocycles. The Labute approximate surface area is 249 Å². The number of carboxylic acids is 2. The smallest absolute Gasteiger partial charge is 0.326 e. The zero-order chi connectivity index (χ0) is 32.7. The Balaban J connectivity index is 3.08. The maximum absolute atomic E-state index is 13.4. The van der Waals surface area contributed by atoms with Gasteiger partial charge in [0.05, 0.1) is 6.04 Å². The van der Waals surface area contributed by atoms with E-state index in [4.69, 9.17) is 16.6 Å². The van der Waals surface area contributed by atoms with Crippen LogP contribution in [0.15, 0.2) is 30.3 Å². The highest BCUT2D eigenvalue weighted by Gasteiger charge is 2.31. The predicted octanol–water partition coefficient (Wildman–Crippen LogP) is -1.22. The van der Waals surface area contributed by atoms with E-state index in [1.807, 2.05) is 13.8 Å². The fourth-order valence-electron chi connectivity index (χ4n) is 3.94. The summed E-state index contributed by atoms with van der Waals surface area (Å²) in [6.07, 6.45) is -0.853. The summed E-state index contributed by atoms with van der Waals surface area (Å²) in [5.41, 5.74) is 11.5. The normalized spacial score (nSPS) is 14.3. The lowest BCUT2D eigenvalue weighted by Gasteiger charge is -2.26. The lowest BCUT2D eigenvalue weighted by atomic mass is 10.0. The molecule has 15 heteroatoms. The first-order valence-corrected chi connectivity index (χ1v) is 13.8. The van der Waals surface area contributed by atoms with Crippen LogP contribution < -0.4 is 32.7 Å². The molecule has 0 aliphatic rings. The number of carbonyl (C=O) groups excluding carboxylic acids is 5. The van der Waals surface area contributed by atoms with Gasteiger partial charge in [-0.25, -0.2) is 4.79 Å². The number of hydrogen-bond acceptors (Lipinski definition) is 8. The van der Waals surface area contributed by atoms with Crippen LogP contribution in [0.25, 0.3) is 0 Å². The molecule has 0 spiro atoms. The van der Waals surface area contributed by atoms with Crippen molar-refractivity contribution < 1.29 is 43.8 Å². The molecule has 5 atom stereocenters. The molecule has 0 bridgehead atoms. The summed E-state index contributed by atoms with van der Waals surface area (Å²) in [5, 5.41) is 28.2. The van der Waals surface area contributed by atoms with Crippen LogP contribution in [0.4, 0.5) is 0 Å². The standard InChI is InChI=1S/C28H42N6O9/c1-15(2)13-20(33-24(38)16(3)31-25(39)18(29)9-12-23(36)37)26(40)34-21(14-17-7-5-4-6-8-17)27(41)32-19(28(42)43)10-11-22(30)35/h4-8,15-16,18-21H,9-14,29H2,1-3H3,(H2,30,35)(H,31,39)(H,32,41)(H,33,38)(H,34,40)(H,36,37)(H,42,43)/t16-,18-,19-,20-,21-/m0/s1. The Morgan fingerprint density at radius 2 is 1.28 bits per heavy atom. The van der Waals surface area contributed by atoms with Crippen LogP contribution in [0, 0.1) is 5.92 Å². The van der Waals surface area contributed by atoms with E-state index in [2.05, 4.69) is 21.3 Å². The minimum atomic E-state index is -1.44. The van der Waals surface area contributed by atoms with Gasteiger partial charge in [-0.2, -0.15) is 0 Å². The molecular weight excluding hydrogens is 564 g/mol. The number of carboxylic acid groups (broad SMARTS) is 2. The topological polar surface area (TPSA) is 260 Å². The van der Waals surface area contributed by atoms with E-state index in [0.717, 1.165) is 0 Å². The first kappa shape index (κ1) is 36.5. The quantitative estimate of drug-likeness (QED) is 0.0930. The third-order valence-corrected chi connectivity index (χ3v) is 6.31. The number of hydrogen-bond donors (Lipinski definition) is 8. The van der Waals surface area contributed by atoms with Gasteiger partial charge in [0, 0.05) is 19.3 Å². The van der Waals surface area contributed by atoms with Crippen molar-refractivity contribution in [3.05, 3.63) is 35.9 Å². The lowest BCUT2D eigenvalue weighted by Crippen LogP contribution is -2.58. The van der Waals surface area contributed by atoms with Gasteiger partial charge in [-0.1, -0.05) is 44.2 Å². The number of nitrogens with two attached hydrogens (primary N) is 2. The summed E-state index contributed by atoms with van der Waals surface area (Å²) in [7, 11) is 0. The van der Waals surface area contributed by atoms with Crippen LogP contribution in [-0.2, 0) is 40.0 Å². The minimum absolute atomic E-state index is 0.0103. The fourth-order valence-corrected chi connectivity index (χ4v) is 3.94. The van der Waals surface area contributed by atoms with Crippen LogP contribution in [0.5, 0.6) is 0 Å². The highest BCUT2D eigenvalue weighted by Crippen LogP contribution is 2.09. The average molecular weight is 607 g/mol. The van der Waals surface area contributed by atoms with Crippen molar-refractivity contribution in [3.63, 3.8) is 0 Å². The zero-order valence-electron chi connectivity index (χ0n) is 24.5. The molecule has 0 aromatic heterocycles. The molecule has 0 aliphatic carbocycles. The van der Waals surface area contributed by atoms with E-state index >= 15 is 0 Å². The number of benzene rings is 1. The Kier molecular flexibility index (Phi) is 15.4. The summed E-state index contributed by atoms with van der Waals surface area (Å²) in [6, 6.07) is 2.53. The number of nitrogens with one attached hydrogen (secondary N) is 4. The van der Waals surface area contributed by atoms with Crippen molar-refractivity contribution in [2.24, 2.45) is 17.4 Å². The van der Waals surface area contributed by atoms with Crippen LogP contribution in [0.2, 0.25) is 0 Å². The summed E-state index contributed by atoms with van der Waals surface area (Å²) in [4.78, 5) is 85.4. The van der Waals surface area contributed by atoms with Crippen molar-refractivity contribution >= 4 is 41.5 Å². The Morgan fingerprint density at radius 3 is 1.81 bits per heavy atom. The van der Waals surface area contributed by atoms with Gasteiger partial charge in [0.25, 0.3) is 0 Å². The van der Waals surface area contributed by atoms with Gasteiger partial charge in [0.1, 0.15) is 24.2 Å². The Bertz CT molecular complexity index is 1140. The molecule has 0 heterocycles. The van der Waals surface area contributed by atoms with E-state index in [1.165, 1.54) is 6.92 Å². The van der Waals surface area contributed by atoms with Crippen molar-refractivity contribution in [2.45, 2.75) is 89.5 Å². The second-order valence-corrected chi connectivity index (χ2v) is 10.6. The average Bonchev–Trinajstić information content (AvgIpc) is 2.92. The van der Waals surface area contributed by atoms with Gasteiger partial charge in [-0.3, -0.25) is 28.8 Å². The number of aliphatic carboxylic acids is 2. The lowest BCUT2D eigenvalue weighted by molar-refractivity contribution is -0.142. The molecule has 1 aromatic rings. The van der Waals surface area contributed by atoms with Gasteiger partial charge in [0.2, 0.25) is 29.5 Å². The van der Waals surface area contributed by atoms with E-state index < -0.39 is 71.7 Å². The van der Waals surface area contributed by atoms with Crippen molar-refractivity contribution in [2.75, 3.05) is 0 Å². The molecule has 0 radical (unpaired) electrons. The maximum atomic E-state index is 13.4. The Hall–Kier alpha value is -4.53.